The highest BCUT2D eigenvalue weighted by atomic mass is 16.6. The average Bonchev–Trinajstić information content (AvgIpc) is 3.29. The van der Waals surface area contributed by atoms with Gasteiger partial charge in [0.1, 0.15) is 46.7 Å². The smallest absolute Gasteiger partial charge is 0.338 e. The molecule has 2 heterocycles. The van der Waals surface area contributed by atoms with Crippen molar-refractivity contribution in [3.63, 3.8) is 0 Å². The van der Waals surface area contributed by atoms with Gasteiger partial charge in [-0.1, -0.05) is 0 Å². The Kier molecular flexibility index (Phi) is 11.5. The number of aromatic hydroxyl groups is 16. The number of nitrogens with two attached hydrogens (primary N) is 1. The number of esters is 2. The lowest BCUT2D eigenvalue weighted by Gasteiger charge is -2.38. The van der Waals surface area contributed by atoms with E-state index in [1.165, 1.54) is 0 Å². The Hall–Kier alpha value is -9.38. The zero-order chi connectivity index (χ0) is 50.1. The zero-order valence-corrected chi connectivity index (χ0v) is 35.0. The van der Waals surface area contributed by atoms with Crippen LogP contribution in [0.25, 0.3) is 0 Å². The molecule has 4 atom stereocenters. The molecule has 2 aliphatic heterocycles. The van der Waals surface area contributed by atoms with E-state index in [1.807, 2.05) is 0 Å². The molecule has 0 amide bonds. The number of phenols is 16. The summed E-state index contributed by atoms with van der Waals surface area (Å²) in [6, 6.07) is 8.51. The Morgan fingerprint density at radius 2 is 0.739 bits per heavy atom. The van der Waals surface area contributed by atoms with Gasteiger partial charge in [0.25, 0.3) is 0 Å². The van der Waals surface area contributed by atoms with Gasteiger partial charge >= 0.3 is 11.9 Å². The maximum Gasteiger partial charge on any atom is 0.338 e. The Morgan fingerprint density at radius 3 is 1.03 bits per heavy atom. The van der Waals surface area contributed by atoms with Crippen LogP contribution in [0, 0.1) is 0 Å². The molecule has 0 aliphatic carbocycles. The van der Waals surface area contributed by atoms with Crippen LogP contribution in [0.2, 0.25) is 0 Å². The highest BCUT2D eigenvalue weighted by Gasteiger charge is 2.44. The maximum atomic E-state index is 13.5. The monoisotopic (exact) mass is 957 g/mol. The number of phenolic OH excluding ortho intramolecular Hbond substituents is 16. The molecule has 23 heteroatoms. The summed E-state index contributed by atoms with van der Waals surface area (Å²) in [7, 11) is 0. The van der Waals surface area contributed by atoms with E-state index in [0.29, 0.717) is 0 Å². The van der Waals surface area contributed by atoms with Crippen molar-refractivity contribution in [3.05, 3.63) is 105 Å². The van der Waals surface area contributed by atoms with Crippen LogP contribution in [0.4, 0.5) is 0 Å². The molecule has 23 nitrogen and oxygen atoms in total. The summed E-state index contributed by atoms with van der Waals surface area (Å²) in [5, 5.41) is 168. The molecule has 0 fully saturated rings. The molecule has 69 heavy (non-hydrogen) atoms. The van der Waals surface area contributed by atoms with E-state index in [4.69, 9.17) is 24.7 Å². The highest BCUT2D eigenvalue weighted by Crippen LogP contribution is 2.56. The van der Waals surface area contributed by atoms with Crippen LogP contribution in [0.1, 0.15) is 72.2 Å². The summed E-state index contributed by atoms with van der Waals surface area (Å²) in [6.07, 6.45) is -7.42. The first-order valence-electron chi connectivity index (χ1n) is 20.2. The third-order valence-electron chi connectivity index (χ3n) is 11.6. The molecule has 0 unspecified atom stereocenters. The summed E-state index contributed by atoms with van der Waals surface area (Å²) < 4.78 is 24.2. The van der Waals surface area contributed by atoms with Gasteiger partial charge in [-0.15, -0.1) is 0 Å². The van der Waals surface area contributed by atoms with Crippen LogP contribution in [-0.4, -0.2) is 112 Å². The number of rotatable bonds is 9. The topological polar surface area (TPSA) is 421 Å². The quantitative estimate of drug-likeness (QED) is 0.0722. The van der Waals surface area contributed by atoms with Crippen molar-refractivity contribution in [2.75, 3.05) is 6.54 Å². The first-order valence-corrected chi connectivity index (χ1v) is 20.2. The molecule has 6 aromatic carbocycles. The lowest BCUT2D eigenvalue weighted by molar-refractivity contribution is -0.0196. The van der Waals surface area contributed by atoms with Gasteiger partial charge in [0.05, 0.1) is 11.1 Å². The second kappa shape index (κ2) is 17.1. The number of ether oxygens (including phenoxy) is 4. The first kappa shape index (κ1) is 46.2. The standard InChI is InChI=1S/C46H39NO22/c47-13-20(35-23(50)11-21(48)18-9-33(66-45(64)16-5-29(56)39(62)30(57)6-16)41(68-43(18)35)14-1-25(52)37(60)26(53)2-14)36-24(51)12-22(49)19-10-34(67-46(65)17-7-31(58)40(63)32(59)8-17)42(69-44(19)36)15-3-27(54)38(61)28(55)4-15/h1-8,11-12,20,33-34,41-42,48-63H,9-10,13,47H2/t33-,34-,41-,42-/m1/s1. The summed E-state index contributed by atoms with van der Waals surface area (Å²) in [4.78, 5) is 27.1. The molecule has 0 saturated heterocycles. The number of carbonyl (C=O) groups is 2. The Balaban J connectivity index is 1.26. The zero-order valence-electron chi connectivity index (χ0n) is 35.0. The van der Waals surface area contributed by atoms with Gasteiger partial charge in [-0.3, -0.25) is 0 Å². The van der Waals surface area contributed by atoms with Crippen LogP contribution in [0.5, 0.6) is 103 Å². The molecule has 0 aromatic heterocycles. The third kappa shape index (κ3) is 8.07. The van der Waals surface area contributed by atoms with E-state index >= 15 is 0 Å². The molecule has 0 bridgehead atoms. The van der Waals surface area contributed by atoms with Gasteiger partial charge in [-0.25, -0.2) is 9.59 Å². The molecule has 6 aromatic rings. The number of benzene rings is 6. The number of hydrogen-bond donors (Lipinski definition) is 17. The summed E-state index contributed by atoms with van der Waals surface area (Å²) in [5.74, 6) is -18.4. The van der Waals surface area contributed by atoms with E-state index in [1.54, 1.807) is 0 Å². The van der Waals surface area contributed by atoms with Gasteiger partial charge < -0.3 is 106 Å². The highest BCUT2D eigenvalue weighted by molar-refractivity contribution is 5.92. The molecule has 0 spiro atoms. The van der Waals surface area contributed by atoms with Crippen molar-refractivity contribution in [1.82, 2.24) is 0 Å². The van der Waals surface area contributed by atoms with Crippen molar-refractivity contribution in [2.45, 2.75) is 43.2 Å². The van der Waals surface area contributed by atoms with Crippen LogP contribution in [0.3, 0.4) is 0 Å². The first-order chi connectivity index (χ1) is 32.6. The fourth-order valence-electron chi connectivity index (χ4n) is 8.33. The number of fused-ring (bicyclic) bond motifs is 2. The average molecular weight is 958 g/mol. The van der Waals surface area contributed by atoms with Gasteiger partial charge in [0.15, 0.2) is 81.2 Å². The van der Waals surface area contributed by atoms with Gasteiger partial charge in [0, 0.05) is 70.8 Å². The van der Waals surface area contributed by atoms with Crippen LogP contribution in [0.15, 0.2) is 60.7 Å². The molecule has 18 N–H and O–H groups in total. The SMILES string of the molecule is NCC(c1c(O)cc(O)c2c1O[C@H](c1cc(O)c(O)c(O)c1)[C@H](OC(=O)c1cc(O)c(O)c(O)c1)C2)c1c(O)cc(O)c2c1O[C@H](c1cc(O)c(O)c(O)c1)[C@H](OC(=O)c1cc(O)c(O)c(O)c1)C2. The van der Waals surface area contributed by atoms with Gasteiger partial charge in [-0.05, 0) is 48.5 Å². The summed E-state index contributed by atoms with van der Waals surface area (Å²) >= 11 is 0. The van der Waals surface area contributed by atoms with E-state index < -0.39 is 165 Å². The van der Waals surface area contributed by atoms with Crippen molar-refractivity contribution < 1.29 is 110 Å². The van der Waals surface area contributed by atoms with E-state index in [2.05, 4.69) is 0 Å². The van der Waals surface area contributed by atoms with Crippen molar-refractivity contribution in [3.8, 4) is 103 Å². The minimum Gasteiger partial charge on any atom is -0.507 e. The van der Waals surface area contributed by atoms with Crippen LogP contribution >= 0.6 is 0 Å². The molecule has 2 aliphatic rings. The minimum atomic E-state index is -1.64. The Bertz CT molecular complexity index is 2820. The van der Waals surface area contributed by atoms with Crippen LogP contribution < -0.4 is 15.2 Å². The van der Waals surface area contributed by atoms with E-state index in [9.17, 15) is 91.3 Å². The third-order valence-corrected chi connectivity index (χ3v) is 11.6. The predicted octanol–water partition coefficient (Wildman–Crippen LogP) is 3.87. The van der Waals surface area contributed by atoms with Crippen LogP contribution in [-0.2, 0) is 22.3 Å². The predicted molar refractivity (Wildman–Crippen MR) is 229 cm³/mol. The fourth-order valence-corrected chi connectivity index (χ4v) is 8.33. The van der Waals surface area contributed by atoms with Crippen molar-refractivity contribution >= 4 is 11.9 Å². The summed E-state index contributed by atoms with van der Waals surface area (Å²) in [6.45, 7) is -0.572. The number of carbonyl (C=O) groups excluding carboxylic acids is 2. The second-order valence-electron chi connectivity index (χ2n) is 16.0. The molecule has 0 saturated carbocycles. The normalized spacial score (nSPS) is 17.2. The van der Waals surface area contributed by atoms with Crippen molar-refractivity contribution in [1.29, 1.82) is 0 Å². The van der Waals surface area contributed by atoms with Gasteiger partial charge in [-0.2, -0.15) is 0 Å². The Labute approximate surface area is 385 Å². The number of hydrogen-bond acceptors (Lipinski definition) is 23. The molecule has 0 radical (unpaired) electrons. The lowest BCUT2D eigenvalue weighted by Crippen LogP contribution is -2.36. The summed E-state index contributed by atoms with van der Waals surface area (Å²) in [5.41, 5.74) is 4.10. The van der Waals surface area contributed by atoms with Crippen molar-refractivity contribution in [2.24, 2.45) is 5.73 Å². The fraction of sp³-hybridized carbons (Fsp3) is 0.174. The van der Waals surface area contributed by atoms with E-state index in [-0.39, 0.29) is 44.9 Å². The molecule has 360 valence electrons. The maximum absolute atomic E-state index is 13.5. The lowest BCUT2D eigenvalue weighted by atomic mass is 9.82. The molecule has 8 rings (SSSR count). The second-order valence-corrected chi connectivity index (χ2v) is 16.0. The Morgan fingerprint density at radius 1 is 0.449 bits per heavy atom. The van der Waals surface area contributed by atoms with Gasteiger partial charge in [0.2, 0.25) is 0 Å². The molecular weight excluding hydrogens is 918 g/mol. The minimum absolute atomic E-state index is 0.182. The largest absolute Gasteiger partial charge is 0.507 e. The molecular formula is C46H39NO22. The van der Waals surface area contributed by atoms with E-state index in [0.717, 1.165) is 60.7 Å².